The van der Waals surface area contributed by atoms with Crippen LogP contribution in [0.4, 0.5) is 0 Å². The van der Waals surface area contributed by atoms with Gasteiger partial charge in [-0.15, -0.1) is 0 Å². The third kappa shape index (κ3) is 4.09. The van der Waals surface area contributed by atoms with E-state index in [9.17, 15) is 0 Å². The molecular weight excluding hydrogens is 192 g/mol. The summed E-state index contributed by atoms with van der Waals surface area (Å²) >= 11 is 0. The van der Waals surface area contributed by atoms with Gasteiger partial charge in [-0.2, -0.15) is 0 Å². The number of hydrogen-bond donors (Lipinski definition) is 2. The first-order valence-electron chi connectivity index (χ1n) is 6.04. The Labute approximate surface area is 92.4 Å². The molecule has 1 saturated carbocycles. The third-order valence-electron chi connectivity index (χ3n) is 3.45. The van der Waals surface area contributed by atoms with Crippen molar-refractivity contribution in [2.75, 3.05) is 13.2 Å². The summed E-state index contributed by atoms with van der Waals surface area (Å²) in [7, 11) is 0. The predicted molar refractivity (Wildman–Crippen MR) is 59.6 cm³/mol. The Morgan fingerprint density at radius 1 is 1.07 bits per heavy atom. The third-order valence-corrected chi connectivity index (χ3v) is 3.45. The van der Waals surface area contributed by atoms with Gasteiger partial charge < -0.3 is 14.9 Å². The second-order valence-corrected chi connectivity index (χ2v) is 4.90. The maximum atomic E-state index is 8.91. The highest BCUT2D eigenvalue weighted by Gasteiger charge is 2.25. The molecule has 0 unspecified atom stereocenters. The van der Waals surface area contributed by atoms with Crippen molar-refractivity contribution < 1.29 is 14.9 Å². The molecule has 0 aromatic carbocycles. The number of aliphatic hydroxyl groups excluding tert-OH is 2. The van der Waals surface area contributed by atoms with Gasteiger partial charge in [0, 0.05) is 0 Å². The van der Waals surface area contributed by atoms with E-state index in [0.717, 1.165) is 24.7 Å². The summed E-state index contributed by atoms with van der Waals surface area (Å²) in [5.41, 5.74) is 0. The highest BCUT2D eigenvalue weighted by Crippen LogP contribution is 2.31. The minimum atomic E-state index is -0.384. The van der Waals surface area contributed by atoms with Crippen LogP contribution in [0.1, 0.15) is 39.5 Å². The van der Waals surface area contributed by atoms with Crippen LogP contribution < -0.4 is 0 Å². The highest BCUT2D eigenvalue weighted by atomic mass is 16.5. The summed E-state index contributed by atoms with van der Waals surface area (Å²) in [5.74, 6) is 1.59. The summed E-state index contributed by atoms with van der Waals surface area (Å²) in [6.45, 7) is 4.38. The molecule has 3 heteroatoms. The normalized spacial score (nSPS) is 27.6. The van der Waals surface area contributed by atoms with Gasteiger partial charge in [0.1, 0.15) is 6.10 Å². The van der Waals surface area contributed by atoms with Crippen molar-refractivity contribution in [3.05, 3.63) is 0 Å². The van der Waals surface area contributed by atoms with Crippen molar-refractivity contribution >= 4 is 0 Å². The quantitative estimate of drug-likeness (QED) is 0.733. The van der Waals surface area contributed by atoms with Gasteiger partial charge in [0.15, 0.2) is 0 Å². The second kappa shape index (κ2) is 6.46. The minimum absolute atomic E-state index is 0.0827. The standard InChI is InChI=1S/C12H24O3/c1-9(2)10-3-5-11(6-4-10)15-12(7-13)8-14/h9-14H,3-8H2,1-2H3. The van der Waals surface area contributed by atoms with Gasteiger partial charge in [-0.25, -0.2) is 0 Å². The molecule has 1 aliphatic carbocycles. The molecule has 1 rings (SSSR count). The average molecular weight is 216 g/mol. The van der Waals surface area contributed by atoms with Crippen LogP contribution >= 0.6 is 0 Å². The predicted octanol–water partition coefficient (Wildman–Crippen LogP) is 1.57. The Kier molecular flexibility index (Phi) is 5.58. The van der Waals surface area contributed by atoms with Gasteiger partial charge in [0.2, 0.25) is 0 Å². The zero-order valence-electron chi connectivity index (χ0n) is 9.85. The molecule has 0 bridgehead atoms. The molecule has 0 heterocycles. The van der Waals surface area contributed by atoms with Crippen molar-refractivity contribution in [2.45, 2.75) is 51.7 Å². The van der Waals surface area contributed by atoms with Crippen LogP contribution in [-0.4, -0.2) is 35.6 Å². The molecule has 3 nitrogen and oxygen atoms in total. The summed E-state index contributed by atoms with van der Waals surface area (Å²) in [4.78, 5) is 0. The molecule has 0 aromatic heterocycles. The molecule has 15 heavy (non-hydrogen) atoms. The van der Waals surface area contributed by atoms with Gasteiger partial charge in [-0.05, 0) is 37.5 Å². The number of ether oxygens (including phenoxy) is 1. The number of hydrogen-bond acceptors (Lipinski definition) is 3. The molecule has 0 saturated heterocycles. The lowest BCUT2D eigenvalue weighted by molar-refractivity contribution is -0.0800. The Bertz CT molecular complexity index is 158. The van der Waals surface area contributed by atoms with Gasteiger partial charge in [-0.3, -0.25) is 0 Å². The summed E-state index contributed by atoms with van der Waals surface area (Å²) < 4.78 is 5.62. The largest absolute Gasteiger partial charge is 0.394 e. The van der Waals surface area contributed by atoms with E-state index in [1.54, 1.807) is 0 Å². The van der Waals surface area contributed by atoms with Crippen LogP contribution in [0.5, 0.6) is 0 Å². The fourth-order valence-corrected chi connectivity index (χ4v) is 2.31. The van der Waals surface area contributed by atoms with E-state index in [4.69, 9.17) is 14.9 Å². The summed E-state index contributed by atoms with van der Waals surface area (Å²) in [6, 6.07) is 0. The smallest absolute Gasteiger partial charge is 0.104 e. The van der Waals surface area contributed by atoms with Crippen LogP contribution in [0.2, 0.25) is 0 Å². The lowest BCUT2D eigenvalue weighted by atomic mass is 9.80. The molecular formula is C12H24O3. The lowest BCUT2D eigenvalue weighted by Crippen LogP contribution is -2.31. The molecule has 0 aromatic rings. The van der Waals surface area contributed by atoms with Crippen LogP contribution in [0.25, 0.3) is 0 Å². The van der Waals surface area contributed by atoms with Crippen molar-refractivity contribution in [1.29, 1.82) is 0 Å². The zero-order valence-corrected chi connectivity index (χ0v) is 9.85. The topological polar surface area (TPSA) is 49.7 Å². The van der Waals surface area contributed by atoms with Crippen molar-refractivity contribution in [3.63, 3.8) is 0 Å². The minimum Gasteiger partial charge on any atom is -0.394 e. The second-order valence-electron chi connectivity index (χ2n) is 4.90. The summed E-state index contributed by atoms with van der Waals surface area (Å²) in [6.07, 6.45) is 4.42. The molecule has 1 aliphatic rings. The van der Waals surface area contributed by atoms with Gasteiger partial charge >= 0.3 is 0 Å². The van der Waals surface area contributed by atoms with E-state index in [0.29, 0.717) is 0 Å². The maximum absolute atomic E-state index is 8.91. The molecule has 0 amide bonds. The molecule has 0 radical (unpaired) electrons. The maximum Gasteiger partial charge on any atom is 0.104 e. The Morgan fingerprint density at radius 3 is 2.00 bits per heavy atom. The fraction of sp³-hybridized carbons (Fsp3) is 1.00. The Balaban J connectivity index is 2.25. The monoisotopic (exact) mass is 216 g/mol. The highest BCUT2D eigenvalue weighted by molar-refractivity contribution is 4.75. The molecule has 90 valence electrons. The number of rotatable bonds is 5. The van der Waals surface area contributed by atoms with E-state index in [-0.39, 0.29) is 25.4 Å². The molecule has 0 spiro atoms. The van der Waals surface area contributed by atoms with Gasteiger partial charge in [0.05, 0.1) is 19.3 Å². The van der Waals surface area contributed by atoms with E-state index >= 15 is 0 Å². The first-order valence-corrected chi connectivity index (χ1v) is 6.04. The van der Waals surface area contributed by atoms with Crippen molar-refractivity contribution in [3.8, 4) is 0 Å². The fourth-order valence-electron chi connectivity index (χ4n) is 2.31. The molecule has 0 aliphatic heterocycles. The van der Waals surface area contributed by atoms with Gasteiger partial charge in [0.25, 0.3) is 0 Å². The Hall–Kier alpha value is -0.120. The van der Waals surface area contributed by atoms with E-state index in [2.05, 4.69) is 13.8 Å². The van der Waals surface area contributed by atoms with E-state index in [1.807, 2.05) is 0 Å². The van der Waals surface area contributed by atoms with Crippen LogP contribution in [0.3, 0.4) is 0 Å². The van der Waals surface area contributed by atoms with Crippen molar-refractivity contribution in [2.24, 2.45) is 11.8 Å². The molecule has 0 atom stereocenters. The average Bonchev–Trinajstić information content (AvgIpc) is 2.26. The first-order chi connectivity index (χ1) is 7.17. The van der Waals surface area contributed by atoms with Crippen molar-refractivity contribution in [1.82, 2.24) is 0 Å². The molecule has 2 N–H and O–H groups in total. The Morgan fingerprint density at radius 2 is 1.60 bits per heavy atom. The van der Waals surface area contributed by atoms with Crippen LogP contribution in [0, 0.1) is 11.8 Å². The molecule has 1 fully saturated rings. The first kappa shape index (κ1) is 12.9. The van der Waals surface area contributed by atoms with Crippen LogP contribution in [0.15, 0.2) is 0 Å². The van der Waals surface area contributed by atoms with E-state index in [1.165, 1.54) is 12.8 Å². The van der Waals surface area contributed by atoms with Gasteiger partial charge in [-0.1, -0.05) is 13.8 Å². The van der Waals surface area contributed by atoms with Crippen LogP contribution in [-0.2, 0) is 4.74 Å². The zero-order chi connectivity index (χ0) is 11.3. The SMILES string of the molecule is CC(C)C1CCC(OC(CO)CO)CC1. The number of aliphatic hydroxyl groups is 2. The summed E-state index contributed by atoms with van der Waals surface area (Å²) in [5, 5.41) is 17.8. The van der Waals surface area contributed by atoms with E-state index < -0.39 is 0 Å². The lowest BCUT2D eigenvalue weighted by Gasteiger charge is -2.32.